The van der Waals surface area contributed by atoms with Gasteiger partial charge in [0.05, 0.1) is 0 Å². The van der Waals surface area contributed by atoms with Gasteiger partial charge in [0.1, 0.15) is 18.7 Å². The van der Waals surface area contributed by atoms with E-state index in [0.29, 0.717) is 6.54 Å². The van der Waals surface area contributed by atoms with Crippen molar-refractivity contribution in [3.8, 4) is 0 Å². The first-order valence-corrected chi connectivity index (χ1v) is 7.57. The summed E-state index contributed by atoms with van der Waals surface area (Å²) in [5, 5.41) is 6.97. The topological polar surface area (TPSA) is 59.8 Å². The van der Waals surface area contributed by atoms with E-state index in [0.717, 1.165) is 4.47 Å². The fraction of sp³-hybridized carbons (Fsp3) is 0.400. The highest BCUT2D eigenvalue weighted by atomic mass is 79.9. The molecule has 0 spiro atoms. The summed E-state index contributed by atoms with van der Waals surface area (Å²) >= 11 is 3.43. The van der Waals surface area contributed by atoms with Gasteiger partial charge in [0, 0.05) is 16.4 Å². The Labute approximate surface area is 132 Å². The second kappa shape index (κ2) is 6.39. The van der Waals surface area contributed by atoms with Crippen LogP contribution in [0.1, 0.15) is 32.4 Å². The average molecular weight is 351 g/mol. The lowest BCUT2D eigenvalue weighted by atomic mass is 9.84. The molecule has 1 amide bonds. The molecule has 2 aromatic rings. The fourth-order valence-corrected chi connectivity index (χ4v) is 2.26. The first-order valence-electron chi connectivity index (χ1n) is 6.78. The molecule has 2 rings (SSSR count). The number of rotatable bonds is 5. The van der Waals surface area contributed by atoms with Crippen LogP contribution >= 0.6 is 15.9 Å². The molecule has 0 bridgehead atoms. The summed E-state index contributed by atoms with van der Waals surface area (Å²) in [6.45, 7) is 6.58. The highest BCUT2D eigenvalue weighted by Gasteiger charge is 2.23. The molecule has 6 heteroatoms. The quantitative estimate of drug-likeness (QED) is 0.901. The van der Waals surface area contributed by atoms with E-state index < -0.39 is 0 Å². The minimum absolute atomic E-state index is 0.0642. The van der Waals surface area contributed by atoms with Crippen molar-refractivity contribution in [3.05, 3.63) is 47.0 Å². The van der Waals surface area contributed by atoms with Gasteiger partial charge in [-0.1, -0.05) is 41.9 Å². The molecular formula is C15H19BrN4O. The molecule has 1 unspecified atom stereocenters. The molecule has 0 saturated heterocycles. The first kappa shape index (κ1) is 15.7. The molecule has 112 valence electrons. The van der Waals surface area contributed by atoms with Crippen LogP contribution in [0, 0.1) is 0 Å². The van der Waals surface area contributed by atoms with E-state index in [1.807, 2.05) is 12.1 Å². The third-order valence-corrected chi connectivity index (χ3v) is 4.07. The van der Waals surface area contributed by atoms with Crippen molar-refractivity contribution in [1.29, 1.82) is 0 Å². The summed E-state index contributed by atoms with van der Waals surface area (Å²) in [7, 11) is 0. The molecular weight excluding hydrogens is 332 g/mol. The predicted octanol–water partition coefficient (Wildman–Crippen LogP) is 2.70. The lowest BCUT2D eigenvalue weighted by Crippen LogP contribution is -2.39. The minimum atomic E-state index is -0.367. The van der Waals surface area contributed by atoms with Gasteiger partial charge in [0.2, 0.25) is 5.91 Å². The molecule has 0 aliphatic rings. The number of amides is 1. The lowest BCUT2D eigenvalue weighted by Gasteiger charge is -2.26. The van der Waals surface area contributed by atoms with E-state index >= 15 is 0 Å². The number of nitrogens with one attached hydrogen (secondary N) is 1. The Bertz CT molecular complexity index is 593. The number of hydrogen-bond acceptors (Lipinski definition) is 3. The zero-order valence-corrected chi connectivity index (χ0v) is 14.0. The van der Waals surface area contributed by atoms with Gasteiger partial charge in [-0.05, 0) is 24.6 Å². The standard InChI is InChI=1S/C15H19BrN4O/c1-11(20-10-17-9-19-20)14(21)18-8-15(2,3)12-4-6-13(16)7-5-12/h4-7,9-11H,8H2,1-3H3,(H,18,21). The number of carbonyl (C=O) groups is 1. The summed E-state index contributed by atoms with van der Waals surface area (Å²) < 4.78 is 2.59. The molecule has 0 fully saturated rings. The number of carbonyl (C=O) groups excluding carboxylic acids is 1. The molecule has 5 nitrogen and oxygen atoms in total. The molecule has 0 radical (unpaired) electrons. The summed E-state index contributed by atoms with van der Waals surface area (Å²) in [5.41, 5.74) is 1.04. The van der Waals surface area contributed by atoms with Crippen molar-refractivity contribution in [1.82, 2.24) is 20.1 Å². The minimum Gasteiger partial charge on any atom is -0.353 e. The van der Waals surface area contributed by atoms with Crippen molar-refractivity contribution < 1.29 is 4.79 Å². The SMILES string of the molecule is CC(C(=O)NCC(C)(C)c1ccc(Br)cc1)n1cncn1. The second-order valence-corrected chi connectivity index (χ2v) is 6.58. The van der Waals surface area contributed by atoms with E-state index in [9.17, 15) is 4.79 Å². The fourth-order valence-electron chi connectivity index (χ4n) is 2.00. The number of benzene rings is 1. The van der Waals surface area contributed by atoms with E-state index in [1.165, 1.54) is 11.9 Å². The highest BCUT2D eigenvalue weighted by Crippen LogP contribution is 2.24. The number of nitrogens with zero attached hydrogens (tertiary/aromatic N) is 3. The van der Waals surface area contributed by atoms with Gasteiger partial charge >= 0.3 is 0 Å². The smallest absolute Gasteiger partial charge is 0.244 e. The Morgan fingerprint density at radius 3 is 2.62 bits per heavy atom. The summed E-state index contributed by atoms with van der Waals surface area (Å²) in [4.78, 5) is 16.0. The second-order valence-electron chi connectivity index (χ2n) is 5.66. The lowest BCUT2D eigenvalue weighted by molar-refractivity contribution is -0.124. The zero-order valence-electron chi connectivity index (χ0n) is 12.4. The van der Waals surface area contributed by atoms with Crippen LogP contribution < -0.4 is 5.32 Å². The molecule has 0 aliphatic carbocycles. The van der Waals surface area contributed by atoms with Gasteiger partial charge < -0.3 is 5.32 Å². The average Bonchev–Trinajstić information content (AvgIpc) is 2.98. The van der Waals surface area contributed by atoms with Crippen LogP contribution in [-0.2, 0) is 10.2 Å². The van der Waals surface area contributed by atoms with E-state index in [-0.39, 0.29) is 17.4 Å². The Morgan fingerprint density at radius 2 is 2.05 bits per heavy atom. The van der Waals surface area contributed by atoms with E-state index in [4.69, 9.17) is 0 Å². The normalized spacial score (nSPS) is 13.0. The maximum absolute atomic E-state index is 12.2. The molecule has 21 heavy (non-hydrogen) atoms. The zero-order chi connectivity index (χ0) is 15.5. The van der Waals surface area contributed by atoms with Crippen molar-refractivity contribution in [3.63, 3.8) is 0 Å². The molecule has 1 aromatic heterocycles. The third-order valence-electron chi connectivity index (χ3n) is 3.54. The molecule has 1 atom stereocenters. The maximum Gasteiger partial charge on any atom is 0.244 e. The Balaban J connectivity index is 1.98. The Hall–Kier alpha value is -1.69. The summed E-state index contributed by atoms with van der Waals surface area (Å²) in [6, 6.07) is 7.79. The van der Waals surface area contributed by atoms with Crippen LogP contribution in [0.25, 0.3) is 0 Å². The van der Waals surface area contributed by atoms with Crippen LogP contribution in [0.5, 0.6) is 0 Å². The Kier molecular flexibility index (Phi) is 4.77. The van der Waals surface area contributed by atoms with Crippen molar-refractivity contribution >= 4 is 21.8 Å². The molecule has 0 aliphatic heterocycles. The van der Waals surface area contributed by atoms with Crippen LogP contribution in [0.4, 0.5) is 0 Å². The summed E-state index contributed by atoms with van der Waals surface area (Å²) in [6.07, 6.45) is 2.97. The highest BCUT2D eigenvalue weighted by molar-refractivity contribution is 9.10. The van der Waals surface area contributed by atoms with Gasteiger partial charge in [-0.3, -0.25) is 4.79 Å². The molecule has 0 saturated carbocycles. The van der Waals surface area contributed by atoms with Gasteiger partial charge in [0.25, 0.3) is 0 Å². The number of halogens is 1. The van der Waals surface area contributed by atoms with Gasteiger partial charge in [-0.25, -0.2) is 9.67 Å². The van der Waals surface area contributed by atoms with Crippen molar-refractivity contribution in [2.24, 2.45) is 0 Å². The van der Waals surface area contributed by atoms with Crippen LogP contribution in [0.3, 0.4) is 0 Å². The molecule has 1 N–H and O–H groups in total. The van der Waals surface area contributed by atoms with Gasteiger partial charge in [-0.15, -0.1) is 0 Å². The van der Waals surface area contributed by atoms with E-state index in [2.05, 4.69) is 57.3 Å². The molecule has 1 aromatic carbocycles. The van der Waals surface area contributed by atoms with Crippen molar-refractivity contribution in [2.45, 2.75) is 32.2 Å². The third kappa shape index (κ3) is 3.91. The monoisotopic (exact) mass is 350 g/mol. The summed E-state index contributed by atoms with van der Waals surface area (Å²) in [5.74, 6) is -0.0642. The first-order chi connectivity index (χ1) is 9.90. The van der Waals surface area contributed by atoms with Crippen molar-refractivity contribution in [2.75, 3.05) is 6.54 Å². The van der Waals surface area contributed by atoms with Crippen LogP contribution in [0.15, 0.2) is 41.4 Å². The van der Waals surface area contributed by atoms with Crippen LogP contribution in [-0.4, -0.2) is 27.2 Å². The Morgan fingerprint density at radius 1 is 1.38 bits per heavy atom. The van der Waals surface area contributed by atoms with Gasteiger partial charge in [-0.2, -0.15) is 5.10 Å². The maximum atomic E-state index is 12.2. The van der Waals surface area contributed by atoms with Crippen LogP contribution in [0.2, 0.25) is 0 Å². The van der Waals surface area contributed by atoms with E-state index in [1.54, 1.807) is 17.9 Å². The number of aromatic nitrogens is 3. The predicted molar refractivity (Wildman–Crippen MR) is 84.9 cm³/mol. The largest absolute Gasteiger partial charge is 0.353 e. The van der Waals surface area contributed by atoms with Gasteiger partial charge in [0.15, 0.2) is 0 Å². The number of hydrogen-bond donors (Lipinski definition) is 1. The molecule has 1 heterocycles.